The van der Waals surface area contributed by atoms with E-state index in [1.54, 1.807) is 49.5 Å². The maximum Gasteiger partial charge on any atom is 0.159 e. The van der Waals surface area contributed by atoms with Crippen molar-refractivity contribution in [2.24, 2.45) is 0 Å². The lowest BCUT2D eigenvalue weighted by Gasteiger charge is -2.13. The summed E-state index contributed by atoms with van der Waals surface area (Å²) in [6.07, 6.45) is 0. The molecule has 3 aromatic rings. The summed E-state index contributed by atoms with van der Waals surface area (Å²) < 4.78 is 0. The second-order valence-electron chi connectivity index (χ2n) is 5.79. The molecule has 0 saturated heterocycles. The molecule has 0 unspecified atom stereocenters. The van der Waals surface area contributed by atoms with Crippen LogP contribution in [0, 0.1) is 11.3 Å². The molecule has 0 aliphatic rings. The lowest BCUT2D eigenvalue weighted by Crippen LogP contribution is -2.01. The Balaban J connectivity index is 2.29. The molecule has 0 spiro atoms. The van der Waals surface area contributed by atoms with Crippen molar-refractivity contribution in [2.75, 3.05) is 12.4 Å². The topological polar surface area (TPSA) is 86.0 Å². The van der Waals surface area contributed by atoms with Gasteiger partial charge in [-0.2, -0.15) is 5.26 Å². The number of phenols is 1. The maximum atomic E-state index is 11.7. The number of rotatable bonds is 4. The molecular formula is C21H17N3O2. The molecular weight excluding hydrogens is 326 g/mol. The minimum absolute atomic E-state index is 0.0471. The van der Waals surface area contributed by atoms with E-state index >= 15 is 0 Å². The molecule has 2 aromatic carbocycles. The number of carbonyl (C=O) groups is 1. The molecule has 0 amide bonds. The Kier molecular flexibility index (Phi) is 4.68. The van der Waals surface area contributed by atoms with Crippen LogP contribution in [0.5, 0.6) is 5.75 Å². The first-order chi connectivity index (χ1) is 12.5. The van der Waals surface area contributed by atoms with E-state index in [-0.39, 0.29) is 11.5 Å². The summed E-state index contributed by atoms with van der Waals surface area (Å²) in [5.74, 6) is 0.473. The number of hydrogen-bond donors (Lipinski definition) is 2. The Morgan fingerprint density at radius 2 is 1.88 bits per heavy atom. The molecule has 1 heterocycles. The van der Waals surface area contributed by atoms with E-state index in [1.807, 2.05) is 12.1 Å². The predicted octanol–water partition coefficient (Wildman–Crippen LogP) is 4.24. The zero-order valence-corrected chi connectivity index (χ0v) is 14.4. The first-order valence-electron chi connectivity index (χ1n) is 8.07. The number of benzene rings is 2. The normalized spacial score (nSPS) is 10.2. The van der Waals surface area contributed by atoms with Crippen LogP contribution in [0.3, 0.4) is 0 Å². The van der Waals surface area contributed by atoms with Crippen LogP contribution in [0.2, 0.25) is 0 Å². The molecule has 0 aliphatic heterocycles. The van der Waals surface area contributed by atoms with Gasteiger partial charge in [-0.3, -0.25) is 4.79 Å². The van der Waals surface area contributed by atoms with Gasteiger partial charge in [0.15, 0.2) is 5.78 Å². The van der Waals surface area contributed by atoms with Gasteiger partial charge in [-0.25, -0.2) is 4.98 Å². The second-order valence-corrected chi connectivity index (χ2v) is 5.79. The highest BCUT2D eigenvalue weighted by atomic mass is 16.3. The Labute approximate surface area is 151 Å². The number of pyridine rings is 1. The molecule has 5 nitrogen and oxygen atoms in total. The van der Waals surface area contributed by atoms with Gasteiger partial charge in [0, 0.05) is 23.7 Å². The highest BCUT2D eigenvalue weighted by Crippen LogP contribution is 2.35. The fourth-order valence-electron chi connectivity index (χ4n) is 2.80. The molecule has 0 atom stereocenters. The van der Waals surface area contributed by atoms with E-state index in [4.69, 9.17) is 0 Å². The number of nitrogens with one attached hydrogen (secondary N) is 1. The summed E-state index contributed by atoms with van der Waals surface area (Å²) >= 11 is 0. The number of para-hydroxylation sites is 1. The summed E-state index contributed by atoms with van der Waals surface area (Å²) in [5, 5.41) is 22.7. The zero-order valence-electron chi connectivity index (χ0n) is 14.4. The summed E-state index contributed by atoms with van der Waals surface area (Å²) in [6, 6.07) is 18.0. The minimum atomic E-state index is -0.0471. The maximum absolute atomic E-state index is 11.7. The van der Waals surface area contributed by atoms with Crippen molar-refractivity contribution in [1.29, 1.82) is 5.26 Å². The molecule has 0 fully saturated rings. The van der Waals surface area contributed by atoms with Gasteiger partial charge in [0.05, 0.1) is 5.69 Å². The SMILES string of the molecule is CNc1nc(-c2ccccc2O)cc(-c2cccc(C(C)=O)c2)c1C#N. The van der Waals surface area contributed by atoms with Crippen molar-refractivity contribution in [3.63, 3.8) is 0 Å². The van der Waals surface area contributed by atoms with Crippen LogP contribution in [0.15, 0.2) is 54.6 Å². The predicted molar refractivity (Wildman–Crippen MR) is 101 cm³/mol. The van der Waals surface area contributed by atoms with Crippen molar-refractivity contribution < 1.29 is 9.90 Å². The number of carbonyl (C=O) groups excluding carboxylic acids is 1. The molecule has 1 aromatic heterocycles. The molecule has 2 N–H and O–H groups in total. The monoisotopic (exact) mass is 343 g/mol. The first-order valence-corrected chi connectivity index (χ1v) is 8.07. The van der Waals surface area contributed by atoms with Gasteiger partial charge in [0.25, 0.3) is 0 Å². The van der Waals surface area contributed by atoms with Crippen LogP contribution in [0.25, 0.3) is 22.4 Å². The largest absolute Gasteiger partial charge is 0.507 e. The van der Waals surface area contributed by atoms with Gasteiger partial charge in [0.1, 0.15) is 23.2 Å². The number of nitriles is 1. The van der Waals surface area contributed by atoms with Crippen molar-refractivity contribution in [3.8, 4) is 34.2 Å². The quantitative estimate of drug-likeness (QED) is 0.692. The highest BCUT2D eigenvalue weighted by Gasteiger charge is 2.16. The van der Waals surface area contributed by atoms with Crippen LogP contribution in [0.1, 0.15) is 22.8 Å². The van der Waals surface area contributed by atoms with E-state index in [2.05, 4.69) is 16.4 Å². The lowest BCUT2D eigenvalue weighted by atomic mass is 9.96. The second kappa shape index (κ2) is 7.08. The number of nitrogens with zero attached hydrogens (tertiary/aromatic N) is 2. The number of ketones is 1. The van der Waals surface area contributed by atoms with Crippen molar-refractivity contribution >= 4 is 11.6 Å². The van der Waals surface area contributed by atoms with Gasteiger partial charge in [-0.1, -0.05) is 30.3 Å². The first kappa shape index (κ1) is 17.2. The Morgan fingerprint density at radius 3 is 2.54 bits per heavy atom. The van der Waals surface area contributed by atoms with Gasteiger partial charge < -0.3 is 10.4 Å². The summed E-state index contributed by atoms with van der Waals surface area (Å²) in [5.41, 5.74) is 3.44. The van der Waals surface area contributed by atoms with Crippen LogP contribution in [-0.4, -0.2) is 22.9 Å². The fraction of sp³-hybridized carbons (Fsp3) is 0.0952. The third-order valence-electron chi connectivity index (χ3n) is 4.13. The molecule has 5 heteroatoms. The number of anilines is 1. The lowest BCUT2D eigenvalue weighted by molar-refractivity contribution is 0.101. The van der Waals surface area contributed by atoms with E-state index in [0.29, 0.717) is 33.8 Å². The van der Waals surface area contributed by atoms with Crippen molar-refractivity contribution in [1.82, 2.24) is 4.98 Å². The molecule has 0 saturated carbocycles. The minimum Gasteiger partial charge on any atom is -0.507 e. The van der Waals surface area contributed by atoms with Gasteiger partial charge in [0.2, 0.25) is 0 Å². The number of aromatic nitrogens is 1. The van der Waals surface area contributed by atoms with Crippen LogP contribution in [0.4, 0.5) is 5.82 Å². The Hall–Kier alpha value is -3.65. The number of Topliss-reactive ketones (excluding diaryl/α,β-unsaturated/α-hetero) is 1. The third kappa shape index (κ3) is 3.13. The van der Waals surface area contributed by atoms with E-state index in [0.717, 1.165) is 5.56 Å². The third-order valence-corrected chi connectivity index (χ3v) is 4.13. The van der Waals surface area contributed by atoms with E-state index in [1.165, 1.54) is 6.92 Å². The molecule has 0 radical (unpaired) electrons. The number of hydrogen-bond acceptors (Lipinski definition) is 5. The average molecular weight is 343 g/mol. The Morgan fingerprint density at radius 1 is 1.12 bits per heavy atom. The summed E-state index contributed by atoms with van der Waals surface area (Å²) in [6.45, 7) is 1.50. The smallest absolute Gasteiger partial charge is 0.159 e. The number of phenolic OH excluding ortho intramolecular Hbond substituents is 1. The van der Waals surface area contributed by atoms with E-state index < -0.39 is 0 Å². The van der Waals surface area contributed by atoms with E-state index in [9.17, 15) is 15.2 Å². The standard InChI is InChI=1S/C21H17N3O2/c1-13(25)14-6-5-7-15(10-14)17-11-19(16-8-3-4-9-20(16)26)24-21(23-2)18(17)12-22/h3-11,26H,1-2H3,(H,23,24). The van der Waals surface area contributed by atoms with Crippen LogP contribution in [-0.2, 0) is 0 Å². The molecule has 128 valence electrons. The molecule has 3 rings (SSSR count). The molecule has 0 bridgehead atoms. The van der Waals surface area contributed by atoms with Gasteiger partial charge in [-0.15, -0.1) is 0 Å². The zero-order chi connectivity index (χ0) is 18.7. The van der Waals surface area contributed by atoms with Crippen LogP contribution < -0.4 is 5.32 Å². The molecule has 26 heavy (non-hydrogen) atoms. The number of aromatic hydroxyl groups is 1. The van der Waals surface area contributed by atoms with Crippen molar-refractivity contribution in [3.05, 3.63) is 65.7 Å². The average Bonchev–Trinajstić information content (AvgIpc) is 2.67. The molecule has 0 aliphatic carbocycles. The Bertz CT molecular complexity index is 1040. The summed E-state index contributed by atoms with van der Waals surface area (Å²) in [4.78, 5) is 16.2. The highest BCUT2D eigenvalue weighted by molar-refractivity contribution is 5.96. The van der Waals surface area contributed by atoms with Gasteiger partial charge in [-0.05, 0) is 36.8 Å². The summed E-state index contributed by atoms with van der Waals surface area (Å²) in [7, 11) is 1.69. The van der Waals surface area contributed by atoms with Crippen molar-refractivity contribution in [2.45, 2.75) is 6.92 Å². The fourth-order valence-corrected chi connectivity index (χ4v) is 2.80. The van der Waals surface area contributed by atoms with Gasteiger partial charge >= 0.3 is 0 Å². The van der Waals surface area contributed by atoms with Crippen LogP contribution >= 0.6 is 0 Å².